The first-order chi connectivity index (χ1) is 11.0. The first kappa shape index (κ1) is 15.0. The van der Waals surface area contributed by atoms with E-state index in [1.54, 1.807) is 0 Å². The molecule has 0 aliphatic carbocycles. The van der Waals surface area contributed by atoms with Crippen LogP contribution in [0, 0.1) is 0 Å². The monoisotopic (exact) mass is 329 g/mol. The lowest BCUT2D eigenvalue weighted by atomic mass is 10.5. The summed E-state index contributed by atoms with van der Waals surface area (Å²) in [4.78, 5) is 41.3. The molecular formula is C15H12N3O4P. The van der Waals surface area contributed by atoms with Gasteiger partial charge in [-0.25, -0.2) is 0 Å². The molecule has 23 heavy (non-hydrogen) atoms. The first-order valence-electron chi connectivity index (χ1n) is 6.68. The van der Waals surface area contributed by atoms with Crippen LogP contribution < -0.4 is 32.6 Å². The van der Waals surface area contributed by atoms with Crippen LogP contribution in [0.3, 0.4) is 0 Å². The molecule has 0 atom stereocenters. The molecule has 0 amide bonds. The third-order valence-electron chi connectivity index (χ3n) is 3.39. The van der Waals surface area contributed by atoms with Gasteiger partial charge in [0.15, 0.2) is 7.14 Å². The van der Waals surface area contributed by atoms with Crippen molar-refractivity contribution in [3.63, 3.8) is 0 Å². The van der Waals surface area contributed by atoms with E-state index < -0.39 is 7.14 Å². The predicted octanol–water partition coefficient (Wildman–Crippen LogP) is -0.609. The highest BCUT2D eigenvalue weighted by Crippen LogP contribution is 2.40. The number of aromatic nitrogens is 3. The molecule has 116 valence electrons. The van der Waals surface area contributed by atoms with Gasteiger partial charge in [0.1, 0.15) is 0 Å². The highest BCUT2D eigenvalue weighted by molar-refractivity contribution is 7.85. The standard InChI is InChI=1S/C15H12N3O4P/c19-13-4-1-10(7-16-13)23(22,11-2-5-14(20)17-8-11)12-3-6-15(21)18-9-12/h1-9H,(H,16,19)(H,17,20)(H,18,21). The van der Waals surface area contributed by atoms with E-state index in [0.29, 0.717) is 15.9 Å². The van der Waals surface area contributed by atoms with Gasteiger partial charge in [-0.2, -0.15) is 0 Å². The second-order valence-corrected chi connectivity index (χ2v) is 7.61. The van der Waals surface area contributed by atoms with Crippen molar-refractivity contribution < 1.29 is 4.57 Å². The number of rotatable bonds is 3. The molecule has 7 nitrogen and oxygen atoms in total. The summed E-state index contributed by atoms with van der Waals surface area (Å²) in [6.07, 6.45) is 4.12. The lowest BCUT2D eigenvalue weighted by molar-refractivity contribution is 0.592. The van der Waals surface area contributed by atoms with E-state index in [-0.39, 0.29) is 16.7 Å². The Kier molecular flexibility index (Phi) is 3.72. The van der Waals surface area contributed by atoms with Crippen LogP contribution in [0.2, 0.25) is 0 Å². The molecule has 3 N–H and O–H groups in total. The van der Waals surface area contributed by atoms with Crippen molar-refractivity contribution >= 4 is 23.1 Å². The number of nitrogens with one attached hydrogen (secondary N) is 3. The summed E-state index contributed by atoms with van der Waals surface area (Å²) in [5, 5.41) is 1.16. The highest BCUT2D eigenvalue weighted by atomic mass is 31.2. The molecule has 3 aromatic rings. The van der Waals surface area contributed by atoms with E-state index in [0.717, 1.165) is 0 Å². The number of H-pyrrole nitrogens is 3. The minimum atomic E-state index is -3.35. The summed E-state index contributed by atoms with van der Waals surface area (Å²) in [5.41, 5.74) is -0.949. The Morgan fingerprint density at radius 2 is 0.870 bits per heavy atom. The van der Waals surface area contributed by atoms with Crippen LogP contribution in [0.5, 0.6) is 0 Å². The molecule has 3 heterocycles. The Labute approximate surface area is 129 Å². The minimum absolute atomic E-state index is 0.316. The van der Waals surface area contributed by atoms with E-state index in [2.05, 4.69) is 15.0 Å². The maximum Gasteiger partial charge on any atom is 0.247 e. The lowest BCUT2D eigenvalue weighted by Crippen LogP contribution is -2.29. The van der Waals surface area contributed by atoms with Crippen molar-refractivity contribution in [1.29, 1.82) is 0 Å². The van der Waals surface area contributed by atoms with Crippen molar-refractivity contribution in [2.75, 3.05) is 0 Å². The van der Waals surface area contributed by atoms with Gasteiger partial charge < -0.3 is 19.5 Å². The largest absolute Gasteiger partial charge is 0.328 e. The van der Waals surface area contributed by atoms with Crippen LogP contribution in [0.1, 0.15) is 0 Å². The van der Waals surface area contributed by atoms with Crippen molar-refractivity contribution in [3.8, 4) is 0 Å². The fraction of sp³-hybridized carbons (Fsp3) is 0. The smallest absolute Gasteiger partial charge is 0.247 e. The van der Waals surface area contributed by atoms with Gasteiger partial charge in [0, 0.05) is 52.7 Å². The van der Waals surface area contributed by atoms with Crippen molar-refractivity contribution in [2.24, 2.45) is 0 Å². The summed E-state index contributed by atoms with van der Waals surface area (Å²) in [6.45, 7) is 0. The van der Waals surface area contributed by atoms with Gasteiger partial charge in [-0.05, 0) is 18.2 Å². The molecule has 0 saturated heterocycles. The average molecular weight is 329 g/mol. The van der Waals surface area contributed by atoms with Crippen LogP contribution in [-0.4, -0.2) is 15.0 Å². The third-order valence-corrected chi connectivity index (χ3v) is 6.41. The summed E-state index contributed by atoms with van der Waals surface area (Å²) in [6, 6.07) is 8.24. The molecule has 0 unspecified atom stereocenters. The van der Waals surface area contributed by atoms with Crippen LogP contribution in [0.15, 0.2) is 69.4 Å². The molecule has 3 aromatic heterocycles. The molecule has 0 radical (unpaired) electrons. The van der Waals surface area contributed by atoms with E-state index in [4.69, 9.17) is 0 Å². The number of aromatic amines is 3. The van der Waals surface area contributed by atoms with Crippen LogP contribution in [0.25, 0.3) is 0 Å². The Bertz CT molecular complexity index is 883. The Morgan fingerprint density at radius 3 is 1.09 bits per heavy atom. The predicted molar refractivity (Wildman–Crippen MR) is 87.7 cm³/mol. The SMILES string of the molecule is O=c1ccc(P(=O)(c2ccc(=O)[nH]c2)c2ccc(=O)[nH]c2)c[nH]1. The van der Waals surface area contributed by atoms with E-state index in [1.165, 1.54) is 55.0 Å². The molecule has 0 bridgehead atoms. The summed E-state index contributed by atoms with van der Waals surface area (Å²) in [7, 11) is -3.35. The maximum absolute atomic E-state index is 13.8. The van der Waals surface area contributed by atoms with Crippen LogP contribution >= 0.6 is 7.14 Å². The zero-order valence-electron chi connectivity index (χ0n) is 11.8. The molecular weight excluding hydrogens is 317 g/mol. The van der Waals surface area contributed by atoms with E-state index in [9.17, 15) is 18.9 Å². The van der Waals surface area contributed by atoms with E-state index in [1.807, 2.05) is 0 Å². The molecule has 3 rings (SSSR count). The summed E-state index contributed by atoms with van der Waals surface area (Å²) >= 11 is 0. The van der Waals surface area contributed by atoms with E-state index >= 15 is 0 Å². The number of pyridine rings is 3. The van der Waals surface area contributed by atoms with Gasteiger partial charge in [-0.3, -0.25) is 14.4 Å². The Hall–Kier alpha value is -2.92. The van der Waals surface area contributed by atoms with Gasteiger partial charge in [-0.1, -0.05) is 0 Å². The summed E-state index contributed by atoms with van der Waals surface area (Å²) < 4.78 is 13.8. The number of hydrogen-bond acceptors (Lipinski definition) is 4. The molecule has 8 heteroatoms. The van der Waals surface area contributed by atoms with Crippen molar-refractivity contribution in [2.45, 2.75) is 0 Å². The number of hydrogen-bond donors (Lipinski definition) is 3. The van der Waals surface area contributed by atoms with Gasteiger partial charge in [-0.15, -0.1) is 0 Å². The second-order valence-electron chi connectivity index (χ2n) is 4.84. The zero-order chi connectivity index (χ0) is 16.4. The topological polar surface area (TPSA) is 116 Å². The fourth-order valence-electron chi connectivity index (χ4n) is 2.24. The van der Waals surface area contributed by atoms with Gasteiger partial charge in [0.2, 0.25) is 16.7 Å². The summed E-state index contributed by atoms with van der Waals surface area (Å²) in [5.74, 6) is 0. The fourth-order valence-corrected chi connectivity index (χ4v) is 4.73. The zero-order valence-corrected chi connectivity index (χ0v) is 12.7. The molecule has 0 aromatic carbocycles. The van der Waals surface area contributed by atoms with Gasteiger partial charge in [0.05, 0.1) is 0 Å². The maximum atomic E-state index is 13.8. The normalized spacial score (nSPS) is 11.3. The second kappa shape index (κ2) is 5.70. The minimum Gasteiger partial charge on any atom is -0.328 e. The Morgan fingerprint density at radius 1 is 0.565 bits per heavy atom. The third kappa shape index (κ3) is 2.74. The molecule has 0 fully saturated rings. The van der Waals surface area contributed by atoms with Gasteiger partial charge in [0.25, 0.3) is 0 Å². The molecule has 0 spiro atoms. The average Bonchev–Trinajstić information content (AvgIpc) is 2.56. The highest BCUT2D eigenvalue weighted by Gasteiger charge is 2.30. The molecule has 0 aliphatic heterocycles. The van der Waals surface area contributed by atoms with Gasteiger partial charge >= 0.3 is 0 Å². The molecule has 0 aliphatic rings. The van der Waals surface area contributed by atoms with Crippen LogP contribution in [0.4, 0.5) is 0 Å². The van der Waals surface area contributed by atoms with Crippen LogP contribution in [-0.2, 0) is 4.57 Å². The first-order valence-corrected chi connectivity index (χ1v) is 8.39. The van der Waals surface area contributed by atoms with Crippen molar-refractivity contribution in [1.82, 2.24) is 15.0 Å². The quantitative estimate of drug-likeness (QED) is 0.556. The molecule has 0 saturated carbocycles. The van der Waals surface area contributed by atoms with Crippen molar-refractivity contribution in [3.05, 3.63) is 86.1 Å². The lowest BCUT2D eigenvalue weighted by Gasteiger charge is -2.18. The Balaban J connectivity index is 2.30.